The number of unbranched alkanes of at least 4 members (excludes halogenated alkanes) is 4. The van der Waals surface area contributed by atoms with Gasteiger partial charge < -0.3 is 5.73 Å². The Labute approximate surface area is 113 Å². The predicted octanol–water partition coefficient (Wildman–Crippen LogP) is 4.48. The normalized spacial score (nSPS) is 12.6. The van der Waals surface area contributed by atoms with Crippen molar-refractivity contribution in [3.8, 4) is 0 Å². The molecule has 0 heterocycles. The van der Waals surface area contributed by atoms with Crippen LogP contribution in [0.4, 0.5) is 0 Å². The Morgan fingerprint density at radius 3 is 2.11 bits per heavy atom. The summed E-state index contributed by atoms with van der Waals surface area (Å²) in [5.74, 6) is 0. The first-order valence-corrected chi connectivity index (χ1v) is 7.59. The molecule has 0 aromatic heterocycles. The lowest BCUT2D eigenvalue weighted by molar-refractivity contribution is 0.631. The van der Waals surface area contributed by atoms with E-state index in [-0.39, 0.29) is 0 Å². The molecule has 0 amide bonds. The van der Waals surface area contributed by atoms with Crippen LogP contribution in [0.5, 0.6) is 0 Å². The van der Waals surface area contributed by atoms with Crippen molar-refractivity contribution >= 4 is 0 Å². The van der Waals surface area contributed by atoms with Gasteiger partial charge in [-0.1, -0.05) is 63.8 Å². The van der Waals surface area contributed by atoms with Crippen LogP contribution in [-0.2, 0) is 12.8 Å². The summed E-state index contributed by atoms with van der Waals surface area (Å²) in [6, 6.07) is 9.35. The molecule has 0 aliphatic carbocycles. The minimum atomic E-state index is 0.310. The zero-order valence-corrected chi connectivity index (χ0v) is 12.1. The van der Waals surface area contributed by atoms with E-state index in [1.807, 2.05) is 0 Å². The topological polar surface area (TPSA) is 26.0 Å². The molecule has 1 atom stereocenters. The molecule has 1 aromatic rings. The lowest BCUT2D eigenvalue weighted by atomic mass is 10.0. The van der Waals surface area contributed by atoms with Crippen molar-refractivity contribution in [1.82, 2.24) is 0 Å². The molecule has 102 valence electrons. The Morgan fingerprint density at radius 1 is 0.889 bits per heavy atom. The third-order valence-corrected chi connectivity index (χ3v) is 3.61. The molecule has 0 fully saturated rings. The van der Waals surface area contributed by atoms with Crippen molar-refractivity contribution < 1.29 is 0 Å². The second-order valence-corrected chi connectivity index (χ2v) is 5.35. The van der Waals surface area contributed by atoms with E-state index in [0.717, 1.165) is 12.8 Å². The Hall–Kier alpha value is -0.820. The molecule has 1 heteroatoms. The molecular weight excluding hydrogens is 218 g/mol. The molecule has 0 unspecified atom stereocenters. The highest BCUT2D eigenvalue weighted by molar-refractivity contribution is 5.23. The van der Waals surface area contributed by atoms with Gasteiger partial charge in [-0.05, 0) is 36.8 Å². The summed E-state index contributed by atoms with van der Waals surface area (Å²) in [6.45, 7) is 4.41. The quantitative estimate of drug-likeness (QED) is 0.640. The average Bonchev–Trinajstić information content (AvgIpc) is 2.40. The van der Waals surface area contributed by atoms with Gasteiger partial charge in [-0.2, -0.15) is 0 Å². The lowest BCUT2D eigenvalue weighted by Crippen LogP contribution is -2.21. The third kappa shape index (κ3) is 6.20. The molecule has 0 saturated carbocycles. The van der Waals surface area contributed by atoms with Gasteiger partial charge in [0.05, 0.1) is 0 Å². The fourth-order valence-corrected chi connectivity index (χ4v) is 2.22. The van der Waals surface area contributed by atoms with E-state index in [2.05, 4.69) is 38.1 Å². The van der Waals surface area contributed by atoms with E-state index in [1.54, 1.807) is 0 Å². The van der Waals surface area contributed by atoms with Gasteiger partial charge in [-0.3, -0.25) is 0 Å². The Balaban J connectivity index is 2.27. The number of rotatable bonds is 9. The number of hydrogen-bond donors (Lipinski definition) is 1. The van der Waals surface area contributed by atoms with Crippen LogP contribution in [0.15, 0.2) is 24.3 Å². The molecule has 0 aliphatic heterocycles. The van der Waals surface area contributed by atoms with Crippen molar-refractivity contribution in [3.63, 3.8) is 0 Å². The van der Waals surface area contributed by atoms with E-state index in [1.165, 1.54) is 49.7 Å². The van der Waals surface area contributed by atoms with Crippen molar-refractivity contribution in [2.24, 2.45) is 5.73 Å². The fourth-order valence-electron chi connectivity index (χ4n) is 2.22. The summed E-state index contributed by atoms with van der Waals surface area (Å²) in [5.41, 5.74) is 8.82. The summed E-state index contributed by atoms with van der Waals surface area (Å²) < 4.78 is 0. The standard InChI is InChI=1S/C17H29N/c1-3-5-6-7-8-9-15-10-12-16(13-11-15)14-17(18)4-2/h10-13,17H,3-9,14,18H2,1-2H3/t17-/m1/s1. The smallest absolute Gasteiger partial charge is 0.00766 e. The highest BCUT2D eigenvalue weighted by Crippen LogP contribution is 2.11. The molecular formula is C17H29N. The first-order chi connectivity index (χ1) is 8.76. The second-order valence-electron chi connectivity index (χ2n) is 5.35. The highest BCUT2D eigenvalue weighted by atomic mass is 14.6. The predicted molar refractivity (Wildman–Crippen MR) is 80.9 cm³/mol. The summed E-state index contributed by atoms with van der Waals surface area (Å²) in [7, 11) is 0. The number of hydrogen-bond acceptors (Lipinski definition) is 1. The Morgan fingerprint density at radius 2 is 1.50 bits per heavy atom. The molecule has 1 aromatic carbocycles. The number of nitrogens with two attached hydrogens (primary N) is 1. The summed E-state index contributed by atoms with van der Waals surface area (Å²) in [4.78, 5) is 0. The van der Waals surface area contributed by atoms with Crippen LogP contribution in [-0.4, -0.2) is 6.04 Å². The van der Waals surface area contributed by atoms with Crippen molar-refractivity contribution in [2.45, 2.75) is 71.3 Å². The van der Waals surface area contributed by atoms with Gasteiger partial charge in [0.15, 0.2) is 0 Å². The van der Waals surface area contributed by atoms with Crippen molar-refractivity contribution in [2.75, 3.05) is 0 Å². The van der Waals surface area contributed by atoms with Crippen LogP contribution >= 0.6 is 0 Å². The van der Waals surface area contributed by atoms with Crippen LogP contribution in [0, 0.1) is 0 Å². The number of aryl methyl sites for hydroxylation is 1. The highest BCUT2D eigenvalue weighted by Gasteiger charge is 2.01. The third-order valence-electron chi connectivity index (χ3n) is 3.61. The van der Waals surface area contributed by atoms with Gasteiger partial charge in [0, 0.05) is 6.04 Å². The Bertz CT molecular complexity index is 302. The Kier molecular flexibility index (Phi) is 7.75. The molecule has 0 spiro atoms. The van der Waals surface area contributed by atoms with Gasteiger partial charge >= 0.3 is 0 Å². The maximum atomic E-state index is 5.97. The van der Waals surface area contributed by atoms with Gasteiger partial charge in [0.25, 0.3) is 0 Å². The van der Waals surface area contributed by atoms with E-state index in [0.29, 0.717) is 6.04 Å². The van der Waals surface area contributed by atoms with E-state index < -0.39 is 0 Å². The molecule has 18 heavy (non-hydrogen) atoms. The van der Waals surface area contributed by atoms with E-state index in [9.17, 15) is 0 Å². The molecule has 0 bridgehead atoms. The van der Waals surface area contributed by atoms with Gasteiger partial charge in [-0.15, -0.1) is 0 Å². The molecule has 2 N–H and O–H groups in total. The van der Waals surface area contributed by atoms with Gasteiger partial charge in [0.1, 0.15) is 0 Å². The minimum absolute atomic E-state index is 0.310. The van der Waals surface area contributed by atoms with Crippen LogP contribution in [0.1, 0.15) is 63.5 Å². The van der Waals surface area contributed by atoms with E-state index >= 15 is 0 Å². The van der Waals surface area contributed by atoms with Crippen LogP contribution < -0.4 is 5.73 Å². The van der Waals surface area contributed by atoms with Crippen LogP contribution in [0.3, 0.4) is 0 Å². The monoisotopic (exact) mass is 247 g/mol. The minimum Gasteiger partial charge on any atom is -0.327 e. The van der Waals surface area contributed by atoms with Gasteiger partial charge in [0.2, 0.25) is 0 Å². The zero-order chi connectivity index (χ0) is 13.2. The first kappa shape index (κ1) is 15.2. The zero-order valence-electron chi connectivity index (χ0n) is 12.1. The molecule has 0 saturated heterocycles. The van der Waals surface area contributed by atoms with E-state index in [4.69, 9.17) is 5.73 Å². The molecule has 1 rings (SSSR count). The lowest BCUT2D eigenvalue weighted by Gasteiger charge is -2.09. The van der Waals surface area contributed by atoms with Crippen molar-refractivity contribution in [1.29, 1.82) is 0 Å². The fraction of sp³-hybridized carbons (Fsp3) is 0.647. The van der Waals surface area contributed by atoms with Gasteiger partial charge in [-0.25, -0.2) is 0 Å². The molecule has 0 aliphatic rings. The maximum absolute atomic E-state index is 5.97. The summed E-state index contributed by atoms with van der Waals surface area (Å²) in [6.07, 6.45) is 10.1. The van der Waals surface area contributed by atoms with Crippen molar-refractivity contribution in [3.05, 3.63) is 35.4 Å². The average molecular weight is 247 g/mol. The first-order valence-electron chi connectivity index (χ1n) is 7.59. The second kappa shape index (κ2) is 9.16. The molecule has 0 radical (unpaired) electrons. The maximum Gasteiger partial charge on any atom is 0.00766 e. The largest absolute Gasteiger partial charge is 0.327 e. The SMILES string of the molecule is CCCCCCCc1ccc(C[C@H](N)CC)cc1. The summed E-state index contributed by atoms with van der Waals surface area (Å²) >= 11 is 0. The van der Waals surface area contributed by atoms with Crippen LogP contribution in [0.2, 0.25) is 0 Å². The van der Waals surface area contributed by atoms with Crippen LogP contribution in [0.25, 0.3) is 0 Å². The summed E-state index contributed by atoms with van der Waals surface area (Å²) in [5, 5.41) is 0. The number of benzene rings is 1. The molecule has 1 nitrogen and oxygen atoms in total.